The average molecular weight is 275 g/mol. The molecule has 0 aliphatic carbocycles. The Morgan fingerprint density at radius 1 is 1.39 bits per heavy atom. The summed E-state index contributed by atoms with van der Waals surface area (Å²) in [7, 11) is 1.45. The molecule has 0 spiro atoms. The Morgan fingerprint density at radius 2 is 2.11 bits per heavy atom. The minimum Gasteiger partial charge on any atom is -0.467 e. The van der Waals surface area contributed by atoms with Crippen LogP contribution in [-0.4, -0.2) is 52.5 Å². The number of aliphatic hydroxyl groups is 1. The van der Waals surface area contributed by atoms with Crippen LogP contribution in [0, 0.1) is 0 Å². The smallest absolute Gasteiger partial charge is 0.322 e. The molecule has 1 saturated heterocycles. The van der Waals surface area contributed by atoms with E-state index in [0.717, 1.165) is 0 Å². The van der Waals surface area contributed by atoms with Gasteiger partial charge in [-0.1, -0.05) is 0 Å². The lowest BCUT2D eigenvalue weighted by Gasteiger charge is -2.36. The van der Waals surface area contributed by atoms with Gasteiger partial charge in [0.25, 0.3) is 0 Å². The zero-order valence-corrected chi connectivity index (χ0v) is 10.8. The van der Waals surface area contributed by atoms with E-state index in [2.05, 4.69) is 20.3 Å². The van der Waals surface area contributed by atoms with Crippen LogP contribution in [0.4, 0.5) is 5.95 Å². The molecule has 1 aliphatic rings. The fraction of sp³-hybridized carbons (Fsp3) is 0.700. The third kappa shape index (κ3) is 2.98. The SMILES string of the molecule is COc1nc(Cl)nc(NC2(CO)CCOCC2)n1. The van der Waals surface area contributed by atoms with Crippen molar-refractivity contribution in [1.29, 1.82) is 0 Å². The maximum atomic E-state index is 9.55. The van der Waals surface area contributed by atoms with Crippen LogP contribution in [0.15, 0.2) is 0 Å². The largest absolute Gasteiger partial charge is 0.467 e. The number of hydrogen-bond acceptors (Lipinski definition) is 7. The number of aliphatic hydroxyl groups excluding tert-OH is 1. The van der Waals surface area contributed by atoms with E-state index in [-0.39, 0.29) is 17.9 Å². The molecule has 0 saturated carbocycles. The van der Waals surface area contributed by atoms with Crippen LogP contribution in [0.1, 0.15) is 12.8 Å². The van der Waals surface area contributed by atoms with Crippen molar-refractivity contribution in [2.24, 2.45) is 0 Å². The molecule has 1 aromatic heterocycles. The number of methoxy groups -OCH3 is 1. The summed E-state index contributed by atoms with van der Waals surface area (Å²) in [5.74, 6) is 0.294. The number of nitrogens with one attached hydrogen (secondary N) is 1. The fourth-order valence-electron chi connectivity index (χ4n) is 1.80. The summed E-state index contributed by atoms with van der Waals surface area (Å²) >= 11 is 5.77. The number of nitrogens with zero attached hydrogens (tertiary/aromatic N) is 3. The van der Waals surface area contributed by atoms with Crippen molar-refractivity contribution in [1.82, 2.24) is 15.0 Å². The zero-order chi connectivity index (χ0) is 13.0. The molecule has 100 valence electrons. The number of rotatable bonds is 4. The number of ether oxygens (including phenoxy) is 2. The Morgan fingerprint density at radius 3 is 2.72 bits per heavy atom. The zero-order valence-electron chi connectivity index (χ0n) is 10.0. The Kier molecular flexibility index (Phi) is 4.15. The normalized spacial score (nSPS) is 18.4. The Balaban J connectivity index is 2.18. The van der Waals surface area contributed by atoms with E-state index < -0.39 is 5.54 Å². The molecule has 8 heteroatoms. The molecule has 0 amide bonds. The van der Waals surface area contributed by atoms with Gasteiger partial charge in [-0.3, -0.25) is 0 Å². The van der Waals surface area contributed by atoms with Gasteiger partial charge in [0.05, 0.1) is 19.3 Å². The van der Waals surface area contributed by atoms with E-state index in [1.807, 2.05) is 0 Å². The van der Waals surface area contributed by atoms with Gasteiger partial charge >= 0.3 is 6.01 Å². The topological polar surface area (TPSA) is 89.4 Å². The van der Waals surface area contributed by atoms with Crippen molar-refractivity contribution >= 4 is 17.5 Å². The van der Waals surface area contributed by atoms with Crippen molar-refractivity contribution in [2.75, 3.05) is 32.2 Å². The highest BCUT2D eigenvalue weighted by molar-refractivity contribution is 6.28. The molecular formula is C10H15ClN4O3. The Hall–Kier alpha value is -1.18. The van der Waals surface area contributed by atoms with Crippen LogP contribution < -0.4 is 10.1 Å². The minimum atomic E-state index is -0.478. The molecule has 0 atom stereocenters. The van der Waals surface area contributed by atoms with E-state index in [4.69, 9.17) is 21.1 Å². The molecule has 0 unspecified atom stereocenters. The second-order valence-electron chi connectivity index (χ2n) is 4.09. The van der Waals surface area contributed by atoms with Gasteiger partial charge in [0.1, 0.15) is 0 Å². The van der Waals surface area contributed by atoms with Gasteiger partial charge in [-0.05, 0) is 24.4 Å². The highest BCUT2D eigenvalue weighted by Crippen LogP contribution is 2.25. The van der Waals surface area contributed by atoms with E-state index in [0.29, 0.717) is 32.0 Å². The van der Waals surface area contributed by atoms with Gasteiger partial charge < -0.3 is 19.9 Å². The average Bonchev–Trinajstić information content (AvgIpc) is 2.39. The molecule has 1 aliphatic heterocycles. The lowest BCUT2D eigenvalue weighted by Crippen LogP contribution is -2.47. The summed E-state index contributed by atoms with van der Waals surface area (Å²) in [6.45, 7) is 1.15. The second kappa shape index (κ2) is 5.64. The predicted molar refractivity (Wildman–Crippen MR) is 64.9 cm³/mol. The van der Waals surface area contributed by atoms with Crippen LogP contribution in [0.25, 0.3) is 0 Å². The van der Waals surface area contributed by atoms with Crippen LogP contribution in [0.2, 0.25) is 5.28 Å². The lowest BCUT2D eigenvalue weighted by atomic mass is 9.91. The van der Waals surface area contributed by atoms with E-state index >= 15 is 0 Å². The van der Waals surface area contributed by atoms with Crippen LogP contribution in [-0.2, 0) is 4.74 Å². The number of aromatic nitrogens is 3. The highest BCUT2D eigenvalue weighted by atomic mass is 35.5. The highest BCUT2D eigenvalue weighted by Gasteiger charge is 2.32. The Labute approximate surface area is 110 Å². The summed E-state index contributed by atoms with van der Waals surface area (Å²) in [6, 6.07) is 0.137. The van der Waals surface area contributed by atoms with Crippen molar-refractivity contribution in [3.05, 3.63) is 5.28 Å². The molecule has 0 radical (unpaired) electrons. The third-order valence-electron chi connectivity index (χ3n) is 2.90. The second-order valence-corrected chi connectivity index (χ2v) is 4.43. The molecule has 2 N–H and O–H groups in total. The van der Waals surface area contributed by atoms with Crippen molar-refractivity contribution in [2.45, 2.75) is 18.4 Å². The molecule has 1 aromatic rings. The molecule has 7 nitrogen and oxygen atoms in total. The minimum absolute atomic E-state index is 0.0258. The van der Waals surface area contributed by atoms with Crippen molar-refractivity contribution < 1.29 is 14.6 Å². The molecule has 18 heavy (non-hydrogen) atoms. The van der Waals surface area contributed by atoms with Gasteiger partial charge in [-0.2, -0.15) is 15.0 Å². The van der Waals surface area contributed by atoms with Gasteiger partial charge in [0.2, 0.25) is 11.2 Å². The first kappa shape index (κ1) is 13.3. The summed E-state index contributed by atoms with van der Waals surface area (Å²) in [4.78, 5) is 11.8. The maximum absolute atomic E-state index is 9.55. The molecule has 2 rings (SSSR count). The lowest BCUT2D eigenvalue weighted by molar-refractivity contribution is 0.0376. The first-order chi connectivity index (χ1) is 8.67. The predicted octanol–water partition coefficient (Wildman–Crippen LogP) is 0.487. The van der Waals surface area contributed by atoms with Gasteiger partial charge in [-0.25, -0.2) is 0 Å². The maximum Gasteiger partial charge on any atom is 0.322 e. The molecule has 1 fully saturated rings. The van der Waals surface area contributed by atoms with E-state index in [9.17, 15) is 5.11 Å². The number of anilines is 1. The van der Waals surface area contributed by atoms with E-state index in [1.54, 1.807) is 0 Å². The number of halogens is 1. The molecule has 0 aromatic carbocycles. The number of hydrogen-bond donors (Lipinski definition) is 2. The first-order valence-corrected chi connectivity index (χ1v) is 5.98. The van der Waals surface area contributed by atoms with Crippen molar-refractivity contribution in [3.8, 4) is 6.01 Å². The van der Waals surface area contributed by atoms with Gasteiger partial charge in [0, 0.05) is 13.2 Å². The van der Waals surface area contributed by atoms with Gasteiger partial charge in [0.15, 0.2) is 0 Å². The summed E-state index contributed by atoms with van der Waals surface area (Å²) in [5, 5.41) is 12.7. The van der Waals surface area contributed by atoms with Crippen molar-refractivity contribution in [3.63, 3.8) is 0 Å². The monoisotopic (exact) mass is 274 g/mol. The van der Waals surface area contributed by atoms with E-state index in [1.165, 1.54) is 7.11 Å². The summed E-state index contributed by atoms with van der Waals surface area (Å²) in [6.07, 6.45) is 1.35. The van der Waals surface area contributed by atoms with Crippen LogP contribution in [0.3, 0.4) is 0 Å². The first-order valence-electron chi connectivity index (χ1n) is 5.60. The van der Waals surface area contributed by atoms with Gasteiger partial charge in [-0.15, -0.1) is 0 Å². The summed E-state index contributed by atoms with van der Waals surface area (Å²) in [5.41, 5.74) is -0.478. The quantitative estimate of drug-likeness (QED) is 0.826. The third-order valence-corrected chi connectivity index (χ3v) is 3.07. The standard InChI is InChI=1S/C10H15ClN4O3/c1-17-9-13-7(11)12-8(14-9)15-10(6-16)2-4-18-5-3-10/h16H,2-6H2,1H3,(H,12,13,14,15). The molecule has 0 bridgehead atoms. The molecular weight excluding hydrogens is 260 g/mol. The van der Waals surface area contributed by atoms with Crippen LogP contribution in [0.5, 0.6) is 6.01 Å². The Bertz CT molecular complexity index is 412. The summed E-state index contributed by atoms with van der Waals surface area (Å²) < 4.78 is 10.2. The molecule has 2 heterocycles. The fourth-order valence-corrected chi connectivity index (χ4v) is 1.95. The van der Waals surface area contributed by atoms with Crippen LogP contribution >= 0.6 is 11.6 Å².